The van der Waals surface area contributed by atoms with E-state index in [0.717, 1.165) is 27.7 Å². The topological polar surface area (TPSA) is 93.8 Å². The summed E-state index contributed by atoms with van der Waals surface area (Å²) in [5.74, 6) is 0.587. The molecule has 4 aromatic rings. The third kappa shape index (κ3) is 3.52. The summed E-state index contributed by atoms with van der Waals surface area (Å²) in [4.78, 5) is 25.5. The highest BCUT2D eigenvalue weighted by Crippen LogP contribution is 2.20. The number of hydrogen-bond donors (Lipinski definition) is 1. The summed E-state index contributed by atoms with van der Waals surface area (Å²) in [6.07, 6.45) is 3.32. The van der Waals surface area contributed by atoms with Crippen LogP contribution in [0.3, 0.4) is 0 Å². The monoisotopic (exact) mass is 359 g/mol. The van der Waals surface area contributed by atoms with Gasteiger partial charge in [-0.15, -0.1) is 0 Å². The SMILES string of the molecule is Cc1ccc2nc(C)cc(C(=O)NCc3nc(-c4ccncc4)no3)c2c1. The van der Waals surface area contributed by atoms with Crippen molar-refractivity contribution in [1.82, 2.24) is 25.4 Å². The molecule has 134 valence electrons. The van der Waals surface area contributed by atoms with Gasteiger partial charge in [-0.05, 0) is 44.2 Å². The van der Waals surface area contributed by atoms with Crippen molar-refractivity contribution < 1.29 is 9.32 Å². The lowest BCUT2D eigenvalue weighted by atomic mass is 10.0. The predicted molar refractivity (Wildman–Crippen MR) is 99.9 cm³/mol. The fourth-order valence-electron chi connectivity index (χ4n) is 2.86. The second-order valence-corrected chi connectivity index (χ2v) is 6.26. The van der Waals surface area contributed by atoms with E-state index < -0.39 is 0 Å². The van der Waals surface area contributed by atoms with Gasteiger partial charge in [-0.3, -0.25) is 14.8 Å². The van der Waals surface area contributed by atoms with E-state index in [2.05, 4.69) is 25.4 Å². The van der Waals surface area contributed by atoms with Gasteiger partial charge < -0.3 is 9.84 Å². The van der Waals surface area contributed by atoms with Crippen molar-refractivity contribution in [3.63, 3.8) is 0 Å². The second kappa shape index (κ2) is 6.95. The van der Waals surface area contributed by atoms with Gasteiger partial charge in [-0.25, -0.2) is 0 Å². The molecule has 1 aromatic carbocycles. The van der Waals surface area contributed by atoms with E-state index in [1.807, 2.05) is 32.0 Å². The normalized spacial score (nSPS) is 10.9. The van der Waals surface area contributed by atoms with Crippen molar-refractivity contribution in [2.45, 2.75) is 20.4 Å². The fraction of sp³-hybridized carbons (Fsp3) is 0.150. The predicted octanol–water partition coefficient (Wildman–Crippen LogP) is 3.23. The molecule has 0 saturated carbocycles. The Morgan fingerprint density at radius 2 is 1.89 bits per heavy atom. The minimum absolute atomic E-state index is 0.144. The van der Waals surface area contributed by atoms with E-state index in [0.29, 0.717) is 17.3 Å². The number of aromatic nitrogens is 4. The molecule has 0 aliphatic carbocycles. The molecule has 1 amide bonds. The number of carbonyl (C=O) groups excluding carboxylic acids is 1. The van der Waals surface area contributed by atoms with Gasteiger partial charge in [0.15, 0.2) is 0 Å². The number of nitrogens with one attached hydrogen (secondary N) is 1. The van der Waals surface area contributed by atoms with E-state index >= 15 is 0 Å². The molecule has 0 aliphatic rings. The molecule has 1 N–H and O–H groups in total. The van der Waals surface area contributed by atoms with Gasteiger partial charge in [0.2, 0.25) is 11.7 Å². The summed E-state index contributed by atoms with van der Waals surface area (Å²) < 4.78 is 5.23. The number of pyridine rings is 2. The molecule has 7 nitrogen and oxygen atoms in total. The maximum absolute atomic E-state index is 12.7. The standard InChI is InChI=1S/C20H17N5O2/c1-12-3-4-17-15(9-12)16(10-13(2)23-17)20(26)22-11-18-24-19(25-27-18)14-5-7-21-8-6-14/h3-10H,11H2,1-2H3,(H,22,26). The van der Waals surface area contributed by atoms with Gasteiger partial charge in [0.05, 0.1) is 17.6 Å². The van der Waals surface area contributed by atoms with Crippen molar-refractivity contribution in [2.24, 2.45) is 0 Å². The fourth-order valence-corrected chi connectivity index (χ4v) is 2.86. The van der Waals surface area contributed by atoms with Crippen LogP contribution in [0, 0.1) is 13.8 Å². The lowest BCUT2D eigenvalue weighted by Gasteiger charge is -2.08. The number of hydrogen-bond acceptors (Lipinski definition) is 6. The van der Waals surface area contributed by atoms with Gasteiger partial charge in [0.1, 0.15) is 0 Å². The van der Waals surface area contributed by atoms with Crippen LogP contribution in [0.5, 0.6) is 0 Å². The third-order valence-electron chi connectivity index (χ3n) is 4.14. The van der Waals surface area contributed by atoms with Gasteiger partial charge in [-0.2, -0.15) is 4.98 Å². The van der Waals surface area contributed by atoms with Gasteiger partial charge in [0.25, 0.3) is 5.91 Å². The number of benzene rings is 1. The highest BCUT2D eigenvalue weighted by Gasteiger charge is 2.14. The van der Waals surface area contributed by atoms with Crippen LogP contribution in [0.15, 0.2) is 53.3 Å². The molecule has 0 aliphatic heterocycles. The Morgan fingerprint density at radius 3 is 2.70 bits per heavy atom. The highest BCUT2D eigenvalue weighted by atomic mass is 16.5. The van der Waals surface area contributed by atoms with Crippen LogP contribution in [0.2, 0.25) is 0 Å². The van der Waals surface area contributed by atoms with Crippen molar-refractivity contribution in [1.29, 1.82) is 0 Å². The zero-order chi connectivity index (χ0) is 18.8. The Bertz CT molecular complexity index is 1120. The maximum Gasteiger partial charge on any atom is 0.252 e. The minimum Gasteiger partial charge on any atom is -0.343 e. The molecule has 4 rings (SSSR count). The van der Waals surface area contributed by atoms with Crippen molar-refractivity contribution >= 4 is 16.8 Å². The molecule has 0 unspecified atom stereocenters. The number of rotatable bonds is 4. The summed E-state index contributed by atoms with van der Waals surface area (Å²) in [5.41, 5.74) is 4.03. The van der Waals surface area contributed by atoms with Crippen LogP contribution in [0.1, 0.15) is 27.5 Å². The zero-order valence-electron chi connectivity index (χ0n) is 14.9. The first kappa shape index (κ1) is 16.8. The van der Waals surface area contributed by atoms with Crippen molar-refractivity contribution in [3.05, 3.63) is 71.5 Å². The highest BCUT2D eigenvalue weighted by molar-refractivity contribution is 6.06. The van der Waals surface area contributed by atoms with E-state index in [1.165, 1.54) is 0 Å². The minimum atomic E-state index is -0.209. The number of fused-ring (bicyclic) bond motifs is 1. The summed E-state index contributed by atoms with van der Waals surface area (Å²) in [6, 6.07) is 11.2. The number of carbonyl (C=O) groups is 1. The largest absolute Gasteiger partial charge is 0.343 e. The van der Waals surface area contributed by atoms with E-state index in [-0.39, 0.29) is 12.5 Å². The van der Waals surface area contributed by atoms with Crippen LogP contribution in [0.25, 0.3) is 22.3 Å². The van der Waals surface area contributed by atoms with E-state index in [1.54, 1.807) is 30.6 Å². The molecule has 0 saturated heterocycles. The molecular formula is C20H17N5O2. The summed E-state index contributed by atoms with van der Waals surface area (Å²) in [5, 5.41) is 7.60. The maximum atomic E-state index is 12.7. The molecular weight excluding hydrogens is 342 g/mol. The quantitative estimate of drug-likeness (QED) is 0.601. The molecule has 3 aromatic heterocycles. The van der Waals surface area contributed by atoms with Gasteiger partial charge in [0, 0.05) is 29.0 Å². The van der Waals surface area contributed by atoms with E-state index in [9.17, 15) is 4.79 Å². The lowest BCUT2D eigenvalue weighted by molar-refractivity contribution is 0.0948. The van der Waals surface area contributed by atoms with Crippen LogP contribution in [-0.4, -0.2) is 26.0 Å². The second-order valence-electron chi connectivity index (χ2n) is 6.26. The smallest absolute Gasteiger partial charge is 0.252 e. The average Bonchev–Trinajstić information content (AvgIpc) is 3.15. The third-order valence-corrected chi connectivity index (χ3v) is 4.14. The molecule has 3 heterocycles. The molecule has 0 fully saturated rings. The Kier molecular flexibility index (Phi) is 4.33. The van der Waals surface area contributed by atoms with Crippen molar-refractivity contribution in [2.75, 3.05) is 0 Å². The van der Waals surface area contributed by atoms with Gasteiger partial charge >= 0.3 is 0 Å². The summed E-state index contributed by atoms with van der Waals surface area (Å²) in [7, 11) is 0. The van der Waals surface area contributed by atoms with Crippen LogP contribution in [-0.2, 0) is 6.54 Å². The Balaban J connectivity index is 1.54. The van der Waals surface area contributed by atoms with Gasteiger partial charge in [-0.1, -0.05) is 16.8 Å². The lowest BCUT2D eigenvalue weighted by Crippen LogP contribution is -2.23. The summed E-state index contributed by atoms with van der Waals surface area (Å²) in [6.45, 7) is 4.00. The Morgan fingerprint density at radius 1 is 1.07 bits per heavy atom. The first-order valence-corrected chi connectivity index (χ1v) is 8.49. The van der Waals surface area contributed by atoms with Crippen LogP contribution < -0.4 is 5.32 Å². The Labute approximate surface area is 155 Å². The zero-order valence-corrected chi connectivity index (χ0v) is 14.9. The molecule has 27 heavy (non-hydrogen) atoms. The molecule has 0 atom stereocenters. The van der Waals surface area contributed by atoms with Crippen LogP contribution >= 0.6 is 0 Å². The average molecular weight is 359 g/mol. The molecule has 0 radical (unpaired) electrons. The Hall–Kier alpha value is -3.61. The molecule has 7 heteroatoms. The summed E-state index contributed by atoms with van der Waals surface area (Å²) >= 11 is 0. The molecule has 0 bridgehead atoms. The number of nitrogens with zero attached hydrogens (tertiary/aromatic N) is 4. The van der Waals surface area contributed by atoms with Crippen molar-refractivity contribution in [3.8, 4) is 11.4 Å². The first-order valence-electron chi connectivity index (χ1n) is 8.49. The number of amides is 1. The first-order chi connectivity index (χ1) is 13.1. The molecule has 0 spiro atoms. The number of aryl methyl sites for hydroxylation is 2. The van der Waals surface area contributed by atoms with Crippen LogP contribution in [0.4, 0.5) is 0 Å². The van der Waals surface area contributed by atoms with E-state index in [4.69, 9.17) is 4.52 Å².